The zero-order valence-corrected chi connectivity index (χ0v) is 15.4. The highest BCUT2D eigenvalue weighted by Gasteiger charge is 2.16. The summed E-state index contributed by atoms with van der Waals surface area (Å²) in [5.74, 6) is -0.791. The van der Waals surface area contributed by atoms with Crippen LogP contribution in [0.2, 0.25) is 5.02 Å². The van der Waals surface area contributed by atoms with E-state index in [0.717, 1.165) is 6.42 Å². The van der Waals surface area contributed by atoms with Gasteiger partial charge in [-0.3, -0.25) is 14.4 Å². The molecule has 25 heavy (non-hydrogen) atoms. The average Bonchev–Trinajstić information content (AvgIpc) is 2.58. The first kappa shape index (κ1) is 20.8. The summed E-state index contributed by atoms with van der Waals surface area (Å²) in [5.41, 5.74) is 0.569. The van der Waals surface area contributed by atoms with Crippen molar-refractivity contribution in [1.29, 1.82) is 0 Å². The van der Waals surface area contributed by atoms with Crippen LogP contribution in [0.1, 0.15) is 18.9 Å². The second kappa shape index (κ2) is 10.6. The normalized spacial score (nSPS) is 10.1. The number of ether oxygens (including phenoxy) is 2. The van der Waals surface area contributed by atoms with Gasteiger partial charge in [0.1, 0.15) is 5.75 Å². The second-order valence-corrected chi connectivity index (χ2v) is 5.83. The maximum absolute atomic E-state index is 11.9. The lowest BCUT2D eigenvalue weighted by Gasteiger charge is -2.16. The van der Waals surface area contributed by atoms with Crippen LogP contribution < -0.4 is 10.1 Å². The molecule has 1 N–H and O–H groups in total. The Morgan fingerprint density at radius 3 is 2.64 bits per heavy atom. The molecule has 8 heteroatoms. The number of rotatable bonds is 9. The number of benzene rings is 1. The Labute approximate surface area is 152 Å². The van der Waals surface area contributed by atoms with Crippen LogP contribution >= 0.6 is 11.6 Å². The van der Waals surface area contributed by atoms with Gasteiger partial charge in [-0.2, -0.15) is 0 Å². The second-order valence-electron chi connectivity index (χ2n) is 5.39. The minimum Gasteiger partial charge on any atom is -0.496 e. The van der Waals surface area contributed by atoms with Crippen LogP contribution in [0.5, 0.6) is 5.75 Å². The van der Waals surface area contributed by atoms with Gasteiger partial charge in [0.15, 0.2) is 6.61 Å². The van der Waals surface area contributed by atoms with E-state index in [-0.39, 0.29) is 18.9 Å². The third-order valence-electron chi connectivity index (χ3n) is 3.31. The largest absolute Gasteiger partial charge is 0.496 e. The number of methoxy groups -OCH3 is 1. The summed E-state index contributed by atoms with van der Waals surface area (Å²) in [6, 6.07) is 4.91. The van der Waals surface area contributed by atoms with Gasteiger partial charge < -0.3 is 19.7 Å². The number of nitrogens with one attached hydrogen (secondary N) is 1. The quantitative estimate of drug-likeness (QED) is 0.664. The van der Waals surface area contributed by atoms with Crippen molar-refractivity contribution < 1.29 is 23.9 Å². The molecule has 0 bridgehead atoms. The number of hydrogen-bond donors (Lipinski definition) is 1. The summed E-state index contributed by atoms with van der Waals surface area (Å²) in [4.78, 5) is 36.6. The highest BCUT2D eigenvalue weighted by molar-refractivity contribution is 6.30. The van der Waals surface area contributed by atoms with E-state index in [1.165, 1.54) is 19.1 Å². The predicted octanol–water partition coefficient (Wildman–Crippen LogP) is 1.42. The molecule has 1 aromatic carbocycles. The highest BCUT2D eigenvalue weighted by atomic mass is 35.5. The van der Waals surface area contributed by atoms with E-state index in [1.807, 2.05) is 6.92 Å². The molecule has 0 spiro atoms. The Hall–Kier alpha value is -2.28. The van der Waals surface area contributed by atoms with Gasteiger partial charge in [0.05, 0.1) is 20.1 Å². The van der Waals surface area contributed by atoms with Crippen LogP contribution in [-0.2, 0) is 25.5 Å². The lowest BCUT2D eigenvalue weighted by molar-refractivity contribution is -0.151. The molecule has 0 saturated carbocycles. The minimum absolute atomic E-state index is 0.0717. The average molecular weight is 371 g/mol. The van der Waals surface area contributed by atoms with Gasteiger partial charge in [-0.15, -0.1) is 0 Å². The summed E-state index contributed by atoms with van der Waals surface area (Å²) in [5, 5.41) is 3.14. The smallest absolute Gasteiger partial charge is 0.310 e. The molecule has 0 aliphatic rings. The van der Waals surface area contributed by atoms with Crippen LogP contribution in [0.15, 0.2) is 18.2 Å². The van der Waals surface area contributed by atoms with Gasteiger partial charge in [0.2, 0.25) is 5.91 Å². The van der Waals surface area contributed by atoms with E-state index in [9.17, 15) is 14.4 Å². The van der Waals surface area contributed by atoms with Gasteiger partial charge in [-0.05, 0) is 24.6 Å². The number of carbonyl (C=O) groups excluding carboxylic acids is 3. The maximum Gasteiger partial charge on any atom is 0.310 e. The van der Waals surface area contributed by atoms with Crippen LogP contribution in [0.4, 0.5) is 0 Å². The Balaban J connectivity index is 2.46. The molecular weight excluding hydrogens is 348 g/mol. The molecular formula is C17H23ClN2O5. The van der Waals surface area contributed by atoms with E-state index < -0.39 is 18.5 Å². The Kier molecular flexibility index (Phi) is 8.77. The third-order valence-corrected chi connectivity index (χ3v) is 3.55. The van der Waals surface area contributed by atoms with Gasteiger partial charge in [-0.25, -0.2) is 0 Å². The van der Waals surface area contributed by atoms with E-state index in [1.54, 1.807) is 18.2 Å². The molecule has 0 saturated heterocycles. The highest BCUT2D eigenvalue weighted by Crippen LogP contribution is 2.23. The van der Waals surface area contributed by atoms with Crippen molar-refractivity contribution in [3.8, 4) is 5.75 Å². The molecule has 0 aliphatic carbocycles. The summed E-state index contributed by atoms with van der Waals surface area (Å²) >= 11 is 5.90. The van der Waals surface area contributed by atoms with E-state index in [2.05, 4.69) is 5.32 Å². The molecule has 0 unspecified atom stereocenters. The van der Waals surface area contributed by atoms with Gasteiger partial charge >= 0.3 is 5.97 Å². The van der Waals surface area contributed by atoms with E-state index in [0.29, 0.717) is 22.9 Å². The number of hydrogen-bond acceptors (Lipinski definition) is 5. The summed E-state index contributed by atoms with van der Waals surface area (Å²) in [6.07, 6.45) is 0.742. The topological polar surface area (TPSA) is 84.9 Å². The van der Waals surface area contributed by atoms with Crippen LogP contribution in [0, 0.1) is 0 Å². The third kappa shape index (κ3) is 7.43. The standard InChI is InChI=1S/C17H23ClN2O5/c1-4-7-19-15(21)10-20(2)16(22)11-25-17(23)9-12-8-13(18)5-6-14(12)24-3/h5-6,8H,4,7,9-11H2,1-3H3,(H,19,21). The fourth-order valence-corrected chi connectivity index (χ4v) is 2.16. The molecule has 0 atom stereocenters. The van der Waals surface area contributed by atoms with Crippen LogP contribution in [-0.4, -0.2) is 56.5 Å². The van der Waals surface area contributed by atoms with Crippen molar-refractivity contribution in [3.63, 3.8) is 0 Å². The lowest BCUT2D eigenvalue weighted by atomic mass is 10.1. The van der Waals surface area contributed by atoms with Crippen molar-refractivity contribution >= 4 is 29.4 Å². The molecule has 1 aromatic rings. The van der Waals surface area contributed by atoms with Gasteiger partial charge in [0.25, 0.3) is 5.91 Å². The Morgan fingerprint density at radius 2 is 2.00 bits per heavy atom. The molecule has 0 heterocycles. The Morgan fingerprint density at radius 1 is 1.28 bits per heavy atom. The molecule has 0 aliphatic heterocycles. The van der Waals surface area contributed by atoms with Crippen molar-refractivity contribution in [3.05, 3.63) is 28.8 Å². The molecule has 0 radical (unpaired) electrons. The number of esters is 1. The monoisotopic (exact) mass is 370 g/mol. The first-order chi connectivity index (χ1) is 11.9. The van der Waals surface area contributed by atoms with Crippen molar-refractivity contribution in [2.24, 2.45) is 0 Å². The van der Waals surface area contributed by atoms with Gasteiger partial charge in [-0.1, -0.05) is 18.5 Å². The minimum atomic E-state index is -0.585. The predicted molar refractivity (Wildman–Crippen MR) is 93.6 cm³/mol. The number of nitrogens with zero attached hydrogens (tertiary/aromatic N) is 1. The molecule has 0 fully saturated rings. The first-order valence-corrected chi connectivity index (χ1v) is 8.23. The molecule has 2 amide bonds. The van der Waals surface area contributed by atoms with E-state index in [4.69, 9.17) is 21.1 Å². The molecule has 0 aromatic heterocycles. The number of halogens is 1. The molecule has 1 rings (SSSR count). The maximum atomic E-state index is 11.9. The summed E-state index contributed by atoms with van der Waals surface area (Å²) in [6.45, 7) is 1.97. The molecule has 7 nitrogen and oxygen atoms in total. The van der Waals surface area contributed by atoms with Crippen LogP contribution in [0.25, 0.3) is 0 Å². The van der Waals surface area contributed by atoms with Crippen molar-refractivity contribution in [2.75, 3.05) is 33.9 Å². The van der Waals surface area contributed by atoms with Gasteiger partial charge in [0, 0.05) is 24.2 Å². The summed E-state index contributed by atoms with van der Waals surface area (Å²) < 4.78 is 10.1. The van der Waals surface area contributed by atoms with Crippen molar-refractivity contribution in [2.45, 2.75) is 19.8 Å². The van der Waals surface area contributed by atoms with Crippen molar-refractivity contribution in [1.82, 2.24) is 10.2 Å². The number of amides is 2. The molecule has 138 valence electrons. The SMILES string of the molecule is CCCNC(=O)CN(C)C(=O)COC(=O)Cc1cc(Cl)ccc1OC. The lowest BCUT2D eigenvalue weighted by Crippen LogP contribution is -2.40. The zero-order valence-electron chi connectivity index (χ0n) is 14.6. The fraction of sp³-hybridized carbons (Fsp3) is 0.471. The van der Waals surface area contributed by atoms with E-state index >= 15 is 0 Å². The Bertz CT molecular complexity index is 621. The number of likely N-dealkylation sites (N-methyl/N-ethyl adjacent to an activating group) is 1. The fourth-order valence-electron chi connectivity index (χ4n) is 1.97. The summed E-state index contributed by atoms with van der Waals surface area (Å²) in [7, 11) is 2.96. The first-order valence-electron chi connectivity index (χ1n) is 7.86. The number of carbonyl (C=O) groups is 3. The zero-order chi connectivity index (χ0) is 18.8. The van der Waals surface area contributed by atoms with Crippen LogP contribution in [0.3, 0.4) is 0 Å².